The van der Waals surface area contributed by atoms with Crippen LogP contribution >= 0.6 is 15.9 Å². The minimum atomic E-state index is 0.216. The third-order valence-corrected chi connectivity index (χ3v) is 3.14. The van der Waals surface area contributed by atoms with Crippen LogP contribution in [0.4, 0.5) is 5.95 Å². The van der Waals surface area contributed by atoms with E-state index in [4.69, 9.17) is 10.5 Å². The lowest BCUT2D eigenvalue weighted by Crippen LogP contribution is -2.11. The van der Waals surface area contributed by atoms with Gasteiger partial charge in [0.2, 0.25) is 5.95 Å². The van der Waals surface area contributed by atoms with E-state index in [2.05, 4.69) is 32.8 Å². The number of fused-ring (bicyclic) bond motifs is 1. The van der Waals surface area contributed by atoms with E-state index < -0.39 is 0 Å². The molecule has 0 aliphatic carbocycles. The molecule has 0 fully saturated rings. The second-order valence-electron chi connectivity index (χ2n) is 3.97. The van der Waals surface area contributed by atoms with Crippen molar-refractivity contribution in [1.29, 1.82) is 0 Å². The number of nitrogens with two attached hydrogens (primary N) is 1. The van der Waals surface area contributed by atoms with Gasteiger partial charge in [-0.3, -0.25) is 4.57 Å². The summed E-state index contributed by atoms with van der Waals surface area (Å²) in [5, 5.41) is 0. The summed E-state index contributed by atoms with van der Waals surface area (Å²) >= 11 is 3.37. The molecule has 17 heavy (non-hydrogen) atoms. The summed E-state index contributed by atoms with van der Waals surface area (Å²) in [5.41, 5.74) is 7.55. The van der Waals surface area contributed by atoms with Gasteiger partial charge in [0.05, 0.1) is 0 Å². The smallest absolute Gasteiger partial charge is 0.202 e. The lowest BCUT2D eigenvalue weighted by atomic mass is 10.2. The largest absolute Gasteiger partial charge is 0.385 e. The molecule has 0 aromatic carbocycles. The molecule has 92 valence electrons. The van der Waals surface area contributed by atoms with Crippen LogP contribution < -0.4 is 5.73 Å². The molecule has 0 saturated carbocycles. The Morgan fingerprint density at radius 1 is 1.59 bits per heavy atom. The SMILES string of the molecule is COCCC(C)n1c(N)nc2cc(Br)cnc21. The Morgan fingerprint density at radius 2 is 2.35 bits per heavy atom. The van der Waals surface area contributed by atoms with Crippen molar-refractivity contribution in [3.8, 4) is 0 Å². The van der Waals surface area contributed by atoms with Crippen LogP contribution in [0, 0.1) is 0 Å². The Balaban J connectivity index is 2.42. The number of anilines is 1. The van der Waals surface area contributed by atoms with Crippen molar-refractivity contribution >= 4 is 33.0 Å². The van der Waals surface area contributed by atoms with Crippen LogP contribution in [-0.4, -0.2) is 28.3 Å². The fourth-order valence-corrected chi connectivity index (χ4v) is 2.15. The van der Waals surface area contributed by atoms with E-state index in [0.717, 1.165) is 22.1 Å². The summed E-state index contributed by atoms with van der Waals surface area (Å²) in [6.45, 7) is 2.77. The van der Waals surface area contributed by atoms with Crippen LogP contribution in [0.5, 0.6) is 0 Å². The summed E-state index contributed by atoms with van der Waals surface area (Å²) < 4.78 is 7.93. The van der Waals surface area contributed by atoms with Gasteiger partial charge in [0.1, 0.15) is 5.52 Å². The molecule has 6 heteroatoms. The average molecular weight is 299 g/mol. The number of halogens is 1. The standard InChI is InChI=1S/C11H15BrN4O/c1-7(3-4-17-2)16-10-9(15-11(16)13)5-8(12)6-14-10/h5-7H,3-4H2,1-2H3,(H2,13,15). The Morgan fingerprint density at radius 3 is 3.06 bits per heavy atom. The molecule has 1 atom stereocenters. The van der Waals surface area contributed by atoms with Crippen LogP contribution in [0.1, 0.15) is 19.4 Å². The minimum absolute atomic E-state index is 0.216. The average Bonchev–Trinajstić information content (AvgIpc) is 2.61. The first kappa shape index (κ1) is 12.3. The lowest BCUT2D eigenvalue weighted by Gasteiger charge is -2.14. The van der Waals surface area contributed by atoms with E-state index in [9.17, 15) is 0 Å². The highest BCUT2D eigenvalue weighted by Crippen LogP contribution is 2.24. The van der Waals surface area contributed by atoms with Gasteiger partial charge in [0.15, 0.2) is 5.65 Å². The molecular weight excluding hydrogens is 284 g/mol. The third-order valence-electron chi connectivity index (χ3n) is 2.70. The van der Waals surface area contributed by atoms with Crippen molar-refractivity contribution < 1.29 is 4.74 Å². The van der Waals surface area contributed by atoms with E-state index in [0.29, 0.717) is 12.6 Å². The maximum absolute atomic E-state index is 5.93. The molecule has 2 aromatic rings. The molecule has 2 heterocycles. The number of pyridine rings is 1. The number of imidazole rings is 1. The number of nitrogens with zero attached hydrogens (tertiary/aromatic N) is 3. The van der Waals surface area contributed by atoms with E-state index >= 15 is 0 Å². The maximum atomic E-state index is 5.93. The number of hydrogen-bond donors (Lipinski definition) is 1. The first-order valence-electron chi connectivity index (χ1n) is 5.41. The Kier molecular flexibility index (Phi) is 3.63. The molecule has 2 N–H and O–H groups in total. The second kappa shape index (κ2) is 5.01. The number of nitrogen functional groups attached to an aromatic ring is 1. The summed E-state index contributed by atoms with van der Waals surface area (Å²) in [7, 11) is 1.69. The molecule has 0 saturated heterocycles. The van der Waals surface area contributed by atoms with Crippen LogP contribution in [0.15, 0.2) is 16.7 Å². The van der Waals surface area contributed by atoms with Crippen molar-refractivity contribution in [3.05, 3.63) is 16.7 Å². The zero-order valence-corrected chi connectivity index (χ0v) is 11.4. The minimum Gasteiger partial charge on any atom is -0.385 e. The Labute approximate surface area is 108 Å². The summed E-state index contributed by atoms with van der Waals surface area (Å²) in [5.74, 6) is 0.495. The number of rotatable bonds is 4. The molecule has 2 aromatic heterocycles. The van der Waals surface area contributed by atoms with Crippen molar-refractivity contribution in [2.75, 3.05) is 19.5 Å². The highest BCUT2D eigenvalue weighted by atomic mass is 79.9. The van der Waals surface area contributed by atoms with Gasteiger partial charge in [-0.1, -0.05) is 0 Å². The lowest BCUT2D eigenvalue weighted by molar-refractivity contribution is 0.182. The summed E-state index contributed by atoms with van der Waals surface area (Å²) in [6.07, 6.45) is 2.63. The van der Waals surface area contributed by atoms with Crippen molar-refractivity contribution in [3.63, 3.8) is 0 Å². The van der Waals surface area contributed by atoms with Gasteiger partial charge in [-0.05, 0) is 35.3 Å². The summed E-state index contributed by atoms with van der Waals surface area (Å²) in [6, 6.07) is 2.13. The van der Waals surface area contributed by atoms with E-state index in [1.54, 1.807) is 13.3 Å². The quantitative estimate of drug-likeness (QED) is 0.941. The van der Waals surface area contributed by atoms with Gasteiger partial charge in [-0.2, -0.15) is 0 Å². The normalized spacial score (nSPS) is 13.1. The fraction of sp³-hybridized carbons (Fsp3) is 0.455. The van der Waals surface area contributed by atoms with E-state index in [1.807, 2.05) is 10.6 Å². The topological polar surface area (TPSA) is 66.0 Å². The molecule has 1 unspecified atom stereocenters. The van der Waals surface area contributed by atoms with Crippen molar-refractivity contribution in [1.82, 2.24) is 14.5 Å². The first-order chi connectivity index (χ1) is 8.13. The molecule has 5 nitrogen and oxygen atoms in total. The molecule has 0 aliphatic rings. The van der Waals surface area contributed by atoms with Gasteiger partial charge < -0.3 is 10.5 Å². The zero-order valence-electron chi connectivity index (χ0n) is 9.85. The molecule has 0 radical (unpaired) electrons. The first-order valence-corrected chi connectivity index (χ1v) is 6.20. The number of methoxy groups -OCH3 is 1. The number of hydrogen-bond acceptors (Lipinski definition) is 4. The van der Waals surface area contributed by atoms with E-state index in [-0.39, 0.29) is 6.04 Å². The molecular formula is C11H15BrN4O. The molecule has 0 aliphatic heterocycles. The van der Waals surface area contributed by atoms with Gasteiger partial charge in [0.25, 0.3) is 0 Å². The van der Waals surface area contributed by atoms with Crippen LogP contribution in [0.2, 0.25) is 0 Å². The second-order valence-corrected chi connectivity index (χ2v) is 4.88. The van der Waals surface area contributed by atoms with Crippen molar-refractivity contribution in [2.45, 2.75) is 19.4 Å². The molecule has 0 spiro atoms. The van der Waals surface area contributed by atoms with Gasteiger partial charge in [0, 0.05) is 30.4 Å². The number of ether oxygens (including phenoxy) is 1. The molecule has 0 bridgehead atoms. The van der Waals surface area contributed by atoms with Crippen LogP contribution in [-0.2, 0) is 4.74 Å². The monoisotopic (exact) mass is 298 g/mol. The molecule has 2 rings (SSSR count). The van der Waals surface area contributed by atoms with Crippen molar-refractivity contribution in [2.24, 2.45) is 0 Å². The molecule has 0 amide bonds. The Hall–Kier alpha value is -1.14. The summed E-state index contributed by atoms with van der Waals surface area (Å²) in [4.78, 5) is 8.67. The highest BCUT2D eigenvalue weighted by Gasteiger charge is 2.14. The highest BCUT2D eigenvalue weighted by molar-refractivity contribution is 9.10. The van der Waals surface area contributed by atoms with Crippen LogP contribution in [0.3, 0.4) is 0 Å². The van der Waals surface area contributed by atoms with E-state index in [1.165, 1.54) is 0 Å². The zero-order chi connectivity index (χ0) is 12.4. The maximum Gasteiger partial charge on any atom is 0.202 e. The van der Waals surface area contributed by atoms with Gasteiger partial charge in [-0.25, -0.2) is 9.97 Å². The third kappa shape index (κ3) is 2.42. The fourth-order valence-electron chi connectivity index (χ4n) is 1.83. The van der Waals surface area contributed by atoms with Gasteiger partial charge >= 0.3 is 0 Å². The predicted octanol–water partition coefficient (Wildman–Crippen LogP) is 2.37. The predicted molar refractivity (Wildman–Crippen MR) is 70.8 cm³/mol. The van der Waals surface area contributed by atoms with Gasteiger partial charge in [-0.15, -0.1) is 0 Å². The number of aromatic nitrogens is 3. The Bertz CT molecular complexity index is 525. The van der Waals surface area contributed by atoms with Crippen LogP contribution in [0.25, 0.3) is 11.2 Å².